The molecule has 0 radical (unpaired) electrons. The maximum Gasteiger partial charge on any atom is 0.345 e. The molecule has 0 aliphatic rings. The maximum atomic E-state index is 11.3. The van der Waals surface area contributed by atoms with Gasteiger partial charge in [0, 0.05) is 5.38 Å². The quantitative estimate of drug-likeness (QED) is 0.776. The van der Waals surface area contributed by atoms with Crippen molar-refractivity contribution >= 4 is 23.3 Å². The molecule has 1 atom stereocenters. The second kappa shape index (κ2) is 4.76. The molecule has 1 aromatic heterocycles. The molecule has 0 fully saturated rings. The molecule has 76 valence electrons. The number of carbonyl (C=O) groups is 2. The van der Waals surface area contributed by atoms with Crippen LogP contribution in [-0.2, 0) is 9.53 Å². The van der Waals surface area contributed by atoms with Crippen molar-refractivity contribution in [2.24, 2.45) is 0 Å². The molecule has 1 aromatic rings. The van der Waals surface area contributed by atoms with E-state index in [-0.39, 0.29) is 6.42 Å². The van der Waals surface area contributed by atoms with E-state index in [9.17, 15) is 9.59 Å². The second-order valence-electron chi connectivity index (χ2n) is 2.65. The number of hydrogen-bond acceptors (Lipinski definition) is 4. The maximum absolute atomic E-state index is 11.3. The van der Waals surface area contributed by atoms with Crippen LogP contribution in [0.2, 0.25) is 0 Å². The largest absolute Gasteiger partial charge is 0.479 e. The number of carboxylic acids is 1. The van der Waals surface area contributed by atoms with Crippen molar-refractivity contribution < 1.29 is 19.4 Å². The Balaban J connectivity index is 2.60. The molecule has 14 heavy (non-hydrogen) atoms. The van der Waals surface area contributed by atoms with Gasteiger partial charge in [-0.2, -0.15) is 11.3 Å². The van der Waals surface area contributed by atoms with Crippen LogP contribution in [0, 0.1) is 0 Å². The van der Waals surface area contributed by atoms with E-state index in [1.54, 1.807) is 23.8 Å². The number of hydrogen-bond donors (Lipinski definition) is 1. The van der Waals surface area contributed by atoms with Gasteiger partial charge < -0.3 is 9.84 Å². The summed E-state index contributed by atoms with van der Waals surface area (Å²) in [7, 11) is 0. The van der Waals surface area contributed by atoms with Crippen LogP contribution in [0.15, 0.2) is 16.8 Å². The van der Waals surface area contributed by atoms with Gasteiger partial charge in [0.05, 0.1) is 5.56 Å². The predicted octanol–water partition coefficient (Wildman–Crippen LogP) is 1.77. The fourth-order valence-electron chi connectivity index (χ4n) is 0.886. The number of aliphatic carboxylic acids is 1. The van der Waals surface area contributed by atoms with Gasteiger partial charge >= 0.3 is 11.9 Å². The third-order valence-electron chi connectivity index (χ3n) is 1.65. The normalized spacial score (nSPS) is 12.1. The summed E-state index contributed by atoms with van der Waals surface area (Å²) in [6.07, 6.45) is -0.784. The zero-order valence-electron chi connectivity index (χ0n) is 7.60. The molecule has 0 aliphatic carbocycles. The Labute approximate surface area is 85.1 Å². The molecule has 0 aliphatic heterocycles. The molecule has 0 bridgehead atoms. The summed E-state index contributed by atoms with van der Waals surface area (Å²) in [5, 5.41) is 12.0. The van der Waals surface area contributed by atoms with Crippen LogP contribution in [0.3, 0.4) is 0 Å². The third-order valence-corrected chi connectivity index (χ3v) is 2.34. The van der Waals surface area contributed by atoms with Gasteiger partial charge in [0.25, 0.3) is 0 Å². The summed E-state index contributed by atoms with van der Waals surface area (Å²) in [4.78, 5) is 21.9. The smallest absolute Gasteiger partial charge is 0.345 e. The molecule has 0 saturated heterocycles. The highest BCUT2D eigenvalue weighted by atomic mass is 32.1. The Morgan fingerprint density at radius 1 is 1.64 bits per heavy atom. The minimum atomic E-state index is -1.11. The molecule has 1 rings (SSSR count). The zero-order valence-corrected chi connectivity index (χ0v) is 8.41. The number of thiophene rings is 1. The van der Waals surface area contributed by atoms with Gasteiger partial charge in [-0.25, -0.2) is 9.59 Å². The van der Waals surface area contributed by atoms with Gasteiger partial charge in [-0.1, -0.05) is 6.92 Å². The summed E-state index contributed by atoms with van der Waals surface area (Å²) >= 11 is 1.36. The predicted molar refractivity (Wildman–Crippen MR) is 51.4 cm³/mol. The molecule has 4 nitrogen and oxygen atoms in total. The molecular formula is C9H10O4S. The summed E-state index contributed by atoms with van der Waals surface area (Å²) in [5.74, 6) is -1.70. The van der Waals surface area contributed by atoms with Crippen molar-refractivity contribution in [3.8, 4) is 0 Å². The topological polar surface area (TPSA) is 63.6 Å². The molecule has 1 unspecified atom stereocenters. The van der Waals surface area contributed by atoms with E-state index in [2.05, 4.69) is 0 Å². The zero-order chi connectivity index (χ0) is 10.6. The van der Waals surface area contributed by atoms with Crippen LogP contribution in [0.25, 0.3) is 0 Å². The van der Waals surface area contributed by atoms with Crippen LogP contribution in [0.5, 0.6) is 0 Å². The average Bonchev–Trinajstić information content (AvgIpc) is 2.65. The van der Waals surface area contributed by atoms with E-state index >= 15 is 0 Å². The molecule has 0 saturated carbocycles. The van der Waals surface area contributed by atoms with E-state index in [1.165, 1.54) is 11.3 Å². The summed E-state index contributed by atoms with van der Waals surface area (Å²) < 4.78 is 4.77. The summed E-state index contributed by atoms with van der Waals surface area (Å²) in [6, 6.07) is 1.60. The SMILES string of the molecule is CCC(OC(=O)c1ccsc1)C(=O)O. The first kappa shape index (κ1) is 10.7. The van der Waals surface area contributed by atoms with Crippen LogP contribution < -0.4 is 0 Å². The summed E-state index contributed by atoms with van der Waals surface area (Å²) in [5.41, 5.74) is 0.398. The highest BCUT2D eigenvalue weighted by Gasteiger charge is 2.20. The van der Waals surface area contributed by atoms with Gasteiger partial charge in [-0.05, 0) is 17.9 Å². The minimum Gasteiger partial charge on any atom is -0.479 e. The van der Waals surface area contributed by atoms with Gasteiger partial charge in [-0.15, -0.1) is 0 Å². The highest BCUT2D eigenvalue weighted by Crippen LogP contribution is 2.10. The second-order valence-corrected chi connectivity index (χ2v) is 3.43. The Morgan fingerprint density at radius 3 is 2.79 bits per heavy atom. The van der Waals surface area contributed by atoms with Gasteiger partial charge in [0.2, 0.25) is 0 Å². The van der Waals surface area contributed by atoms with E-state index in [0.717, 1.165) is 0 Å². The number of carbonyl (C=O) groups excluding carboxylic acids is 1. The molecule has 0 spiro atoms. The van der Waals surface area contributed by atoms with Gasteiger partial charge in [-0.3, -0.25) is 0 Å². The van der Waals surface area contributed by atoms with Crippen molar-refractivity contribution in [2.75, 3.05) is 0 Å². The fourth-order valence-corrected chi connectivity index (χ4v) is 1.51. The molecule has 0 aromatic carbocycles. The lowest BCUT2D eigenvalue weighted by atomic mass is 10.3. The van der Waals surface area contributed by atoms with E-state index in [4.69, 9.17) is 9.84 Å². The molecular weight excluding hydrogens is 204 g/mol. The fraction of sp³-hybridized carbons (Fsp3) is 0.333. The number of rotatable bonds is 4. The van der Waals surface area contributed by atoms with E-state index in [0.29, 0.717) is 5.56 Å². The van der Waals surface area contributed by atoms with E-state index < -0.39 is 18.0 Å². The number of carboxylic acid groups (broad SMARTS) is 1. The van der Waals surface area contributed by atoms with Crippen molar-refractivity contribution in [3.05, 3.63) is 22.4 Å². The van der Waals surface area contributed by atoms with Gasteiger partial charge in [0.15, 0.2) is 6.10 Å². The number of ether oxygens (including phenoxy) is 1. The van der Waals surface area contributed by atoms with Crippen molar-refractivity contribution in [3.63, 3.8) is 0 Å². The van der Waals surface area contributed by atoms with Crippen molar-refractivity contribution in [1.29, 1.82) is 0 Å². The average molecular weight is 214 g/mol. The third kappa shape index (κ3) is 2.56. The first-order chi connectivity index (χ1) is 6.65. The molecule has 0 amide bonds. The van der Waals surface area contributed by atoms with Gasteiger partial charge in [0.1, 0.15) is 0 Å². The number of esters is 1. The standard InChI is InChI=1S/C9H10O4S/c1-2-7(8(10)11)13-9(12)6-3-4-14-5-6/h3-5,7H,2H2,1H3,(H,10,11). The Morgan fingerprint density at radius 2 is 2.36 bits per heavy atom. The minimum absolute atomic E-state index is 0.269. The first-order valence-electron chi connectivity index (χ1n) is 4.11. The monoisotopic (exact) mass is 214 g/mol. The van der Waals surface area contributed by atoms with Crippen molar-refractivity contribution in [1.82, 2.24) is 0 Å². The van der Waals surface area contributed by atoms with Crippen LogP contribution in [0.4, 0.5) is 0 Å². The lowest BCUT2D eigenvalue weighted by Crippen LogP contribution is -2.25. The Bertz CT molecular complexity index is 318. The Kier molecular flexibility index (Phi) is 3.64. The van der Waals surface area contributed by atoms with Crippen LogP contribution in [0.1, 0.15) is 23.7 Å². The highest BCUT2D eigenvalue weighted by molar-refractivity contribution is 7.08. The molecule has 5 heteroatoms. The molecule has 1 N–H and O–H groups in total. The van der Waals surface area contributed by atoms with Crippen molar-refractivity contribution in [2.45, 2.75) is 19.4 Å². The lowest BCUT2D eigenvalue weighted by Gasteiger charge is -2.10. The molecule has 1 heterocycles. The summed E-state index contributed by atoms with van der Waals surface area (Å²) in [6.45, 7) is 1.65. The first-order valence-corrected chi connectivity index (χ1v) is 5.05. The lowest BCUT2D eigenvalue weighted by molar-refractivity contribution is -0.147. The Hall–Kier alpha value is -1.36. The van der Waals surface area contributed by atoms with Crippen LogP contribution in [-0.4, -0.2) is 23.1 Å². The van der Waals surface area contributed by atoms with E-state index in [1.807, 2.05) is 0 Å². The van der Waals surface area contributed by atoms with Crippen LogP contribution >= 0.6 is 11.3 Å².